The minimum absolute atomic E-state index is 0.0163. The number of carbonyl (C=O) groups is 1. The van der Waals surface area contributed by atoms with E-state index in [4.69, 9.17) is 23.2 Å². The summed E-state index contributed by atoms with van der Waals surface area (Å²) in [5, 5.41) is 8.16. The highest BCUT2D eigenvalue weighted by Crippen LogP contribution is 2.26. The van der Waals surface area contributed by atoms with Gasteiger partial charge < -0.3 is 5.32 Å². The van der Waals surface area contributed by atoms with Gasteiger partial charge in [0.2, 0.25) is 5.91 Å². The van der Waals surface area contributed by atoms with Gasteiger partial charge in [-0.05, 0) is 36.6 Å². The van der Waals surface area contributed by atoms with E-state index in [1.807, 2.05) is 26.2 Å². The van der Waals surface area contributed by atoms with Crippen molar-refractivity contribution in [3.8, 4) is 0 Å². The van der Waals surface area contributed by atoms with Gasteiger partial charge in [-0.25, -0.2) is 0 Å². The first kappa shape index (κ1) is 15.9. The molecule has 1 heterocycles. The minimum atomic E-state index is -0.156. The van der Waals surface area contributed by atoms with Crippen molar-refractivity contribution in [3.05, 3.63) is 51.8 Å². The predicted molar refractivity (Wildman–Crippen MR) is 84.5 cm³/mol. The molecule has 21 heavy (non-hydrogen) atoms. The molecule has 6 heteroatoms. The van der Waals surface area contributed by atoms with Crippen LogP contribution < -0.4 is 5.32 Å². The Morgan fingerprint density at radius 1 is 1.43 bits per heavy atom. The number of rotatable bonds is 5. The van der Waals surface area contributed by atoms with Crippen LogP contribution in [0.25, 0.3) is 0 Å². The van der Waals surface area contributed by atoms with Crippen LogP contribution >= 0.6 is 23.2 Å². The van der Waals surface area contributed by atoms with Crippen molar-refractivity contribution in [1.82, 2.24) is 15.1 Å². The van der Waals surface area contributed by atoms with E-state index in [0.29, 0.717) is 22.9 Å². The molecule has 0 aliphatic heterocycles. The average molecular weight is 326 g/mol. The molecule has 2 rings (SSSR count). The van der Waals surface area contributed by atoms with Crippen LogP contribution in [0.3, 0.4) is 0 Å². The summed E-state index contributed by atoms with van der Waals surface area (Å²) < 4.78 is 1.73. The van der Waals surface area contributed by atoms with Crippen molar-refractivity contribution in [1.29, 1.82) is 0 Å². The van der Waals surface area contributed by atoms with Crippen LogP contribution in [-0.2, 0) is 18.3 Å². The van der Waals surface area contributed by atoms with Crippen molar-refractivity contribution < 1.29 is 4.79 Å². The van der Waals surface area contributed by atoms with Crippen LogP contribution in [0.2, 0.25) is 10.0 Å². The summed E-state index contributed by atoms with van der Waals surface area (Å²) in [4.78, 5) is 12.0. The monoisotopic (exact) mass is 325 g/mol. The quantitative estimate of drug-likeness (QED) is 0.913. The van der Waals surface area contributed by atoms with E-state index in [9.17, 15) is 4.79 Å². The van der Waals surface area contributed by atoms with E-state index < -0.39 is 0 Å². The molecular formula is C15H17Cl2N3O. The maximum Gasteiger partial charge on any atom is 0.220 e. The van der Waals surface area contributed by atoms with E-state index >= 15 is 0 Å². The van der Waals surface area contributed by atoms with Crippen molar-refractivity contribution in [2.45, 2.75) is 25.8 Å². The van der Waals surface area contributed by atoms with Crippen molar-refractivity contribution in [3.63, 3.8) is 0 Å². The van der Waals surface area contributed by atoms with E-state index in [2.05, 4.69) is 10.4 Å². The maximum atomic E-state index is 12.0. The number of benzene rings is 1. The lowest BCUT2D eigenvalue weighted by molar-refractivity contribution is -0.121. The molecule has 2 aromatic rings. The lowest BCUT2D eigenvalue weighted by atomic mass is 10.1. The summed E-state index contributed by atoms with van der Waals surface area (Å²) in [5.41, 5.74) is 1.90. The molecule has 1 N–H and O–H groups in total. The fraction of sp³-hybridized carbons (Fsp3) is 0.333. The van der Waals surface area contributed by atoms with E-state index in [-0.39, 0.29) is 11.9 Å². The fourth-order valence-electron chi connectivity index (χ4n) is 2.10. The van der Waals surface area contributed by atoms with Gasteiger partial charge in [-0.1, -0.05) is 29.3 Å². The van der Waals surface area contributed by atoms with Crippen LogP contribution in [0.15, 0.2) is 30.6 Å². The molecule has 1 aromatic carbocycles. The predicted octanol–water partition coefficient (Wildman–Crippen LogP) is 3.54. The smallest absolute Gasteiger partial charge is 0.220 e. The van der Waals surface area contributed by atoms with Crippen molar-refractivity contribution >= 4 is 29.1 Å². The second-order valence-corrected chi connectivity index (χ2v) is 5.82. The first-order chi connectivity index (χ1) is 9.95. The number of aromatic nitrogens is 2. The first-order valence-electron chi connectivity index (χ1n) is 6.67. The molecule has 4 nitrogen and oxygen atoms in total. The van der Waals surface area contributed by atoms with Gasteiger partial charge in [0.05, 0.1) is 12.2 Å². The second kappa shape index (κ2) is 6.96. The third-order valence-corrected chi connectivity index (χ3v) is 3.77. The summed E-state index contributed by atoms with van der Waals surface area (Å²) in [6, 6.07) is 5.12. The molecule has 0 aliphatic carbocycles. The molecule has 1 aromatic heterocycles. The minimum Gasteiger partial charge on any atom is -0.350 e. The van der Waals surface area contributed by atoms with Crippen LogP contribution in [0.4, 0.5) is 0 Å². The summed E-state index contributed by atoms with van der Waals surface area (Å²) in [6.07, 6.45) is 4.77. The Kier molecular flexibility index (Phi) is 5.26. The Morgan fingerprint density at radius 2 is 2.19 bits per heavy atom. The molecule has 1 atom stereocenters. The van der Waals surface area contributed by atoms with Crippen molar-refractivity contribution in [2.75, 3.05) is 0 Å². The van der Waals surface area contributed by atoms with Crippen LogP contribution in [0, 0.1) is 0 Å². The van der Waals surface area contributed by atoms with Gasteiger partial charge in [-0.2, -0.15) is 5.10 Å². The molecule has 0 unspecified atom stereocenters. The highest BCUT2D eigenvalue weighted by atomic mass is 35.5. The average Bonchev–Trinajstić information content (AvgIpc) is 2.82. The normalized spacial score (nSPS) is 12.2. The lowest BCUT2D eigenvalue weighted by Gasteiger charge is -2.15. The molecule has 0 spiro atoms. The van der Waals surface area contributed by atoms with Gasteiger partial charge in [0.25, 0.3) is 0 Å². The zero-order valence-corrected chi connectivity index (χ0v) is 13.4. The molecule has 112 valence electrons. The second-order valence-electron chi connectivity index (χ2n) is 4.98. The molecular weight excluding hydrogens is 309 g/mol. The van der Waals surface area contributed by atoms with Crippen LogP contribution in [0.5, 0.6) is 0 Å². The Balaban J connectivity index is 1.89. The van der Waals surface area contributed by atoms with E-state index in [1.165, 1.54) is 0 Å². The largest absolute Gasteiger partial charge is 0.350 e. The number of nitrogens with zero attached hydrogens (tertiary/aromatic N) is 2. The van der Waals surface area contributed by atoms with Gasteiger partial charge in [0.1, 0.15) is 0 Å². The molecule has 0 bridgehead atoms. The maximum absolute atomic E-state index is 12.0. The van der Waals surface area contributed by atoms with Gasteiger partial charge in [0, 0.05) is 29.7 Å². The highest BCUT2D eigenvalue weighted by Gasteiger charge is 2.13. The van der Waals surface area contributed by atoms with Gasteiger partial charge in [-0.15, -0.1) is 0 Å². The number of nitrogens with one attached hydrogen (secondary N) is 1. The van der Waals surface area contributed by atoms with Crippen LogP contribution in [-0.4, -0.2) is 15.7 Å². The van der Waals surface area contributed by atoms with Gasteiger partial charge in [0.15, 0.2) is 0 Å². The molecule has 0 saturated heterocycles. The van der Waals surface area contributed by atoms with Gasteiger partial charge in [-0.3, -0.25) is 9.48 Å². The van der Waals surface area contributed by atoms with E-state index in [1.54, 1.807) is 23.0 Å². The Hall–Kier alpha value is -1.52. The fourth-order valence-corrected chi connectivity index (χ4v) is 2.68. The summed E-state index contributed by atoms with van der Waals surface area (Å²) in [6.45, 7) is 1.90. The Bertz CT molecular complexity index is 640. The number of hydrogen-bond donors (Lipinski definition) is 1. The third kappa shape index (κ3) is 4.48. The number of halogens is 2. The lowest BCUT2D eigenvalue weighted by Crippen LogP contribution is -2.27. The summed E-state index contributed by atoms with van der Waals surface area (Å²) >= 11 is 12.0. The zero-order valence-electron chi connectivity index (χ0n) is 11.9. The van der Waals surface area contributed by atoms with Crippen molar-refractivity contribution in [2.24, 2.45) is 7.05 Å². The molecule has 0 radical (unpaired) electrons. The zero-order chi connectivity index (χ0) is 15.4. The number of aryl methyl sites for hydroxylation is 2. The molecule has 1 amide bonds. The van der Waals surface area contributed by atoms with Gasteiger partial charge >= 0.3 is 0 Å². The molecule has 0 aliphatic rings. The number of hydrogen-bond acceptors (Lipinski definition) is 2. The third-order valence-electron chi connectivity index (χ3n) is 3.21. The standard InChI is InChI=1S/C15H17Cl2N3O/c1-10(13-5-4-12(16)7-14(13)17)19-15(21)6-3-11-8-18-20(2)9-11/h4-5,7-10H,3,6H2,1-2H3,(H,19,21)/t10-/m0/s1. The Labute approximate surface area is 134 Å². The molecule has 0 fully saturated rings. The first-order valence-corrected chi connectivity index (χ1v) is 7.43. The number of amides is 1. The molecule has 0 saturated carbocycles. The summed E-state index contributed by atoms with van der Waals surface area (Å²) in [7, 11) is 1.86. The Morgan fingerprint density at radius 3 is 2.81 bits per heavy atom. The summed E-state index contributed by atoms with van der Waals surface area (Å²) in [5.74, 6) is -0.0163. The van der Waals surface area contributed by atoms with Crippen LogP contribution in [0.1, 0.15) is 30.5 Å². The number of carbonyl (C=O) groups excluding carboxylic acids is 1. The highest BCUT2D eigenvalue weighted by molar-refractivity contribution is 6.35. The SMILES string of the molecule is C[C@H](NC(=O)CCc1cnn(C)c1)c1ccc(Cl)cc1Cl. The topological polar surface area (TPSA) is 46.9 Å². The van der Waals surface area contributed by atoms with E-state index in [0.717, 1.165) is 11.1 Å².